The van der Waals surface area contributed by atoms with E-state index in [0.717, 1.165) is 16.6 Å². The van der Waals surface area contributed by atoms with Gasteiger partial charge in [0.05, 0.1) is 11.3 Å². The van der Waals surface area contributed by atoms with Gasteiger partial charge < -0.3 is 11.1 Å². The molecule has 1 heterocycles. The molecule has 7 heteroatoms. The molecule has 2 rings (SSSR count). The van der Waals surface area contributed by atoms with Crippen LogP contribution in [0.5, 0.6) is 0 Å². The zero-order chi connectivity index (χ0) is 14.8. The van der Waals surface area contributed by atoms with Gasteiger partial charge in [0.2, 0.25) is 0 Å². The maximum absolute atomic E-state index is 12.4. The number of aromatic nitrogens is 1. The predicted octanol–water partition coefficient (Wildman–Crippen LogP) is 4.06. The Morgan fingerprint density at radius 1 is 1.20 bits per heavy atom. The van der Waals surface area contributed by atoms with E-state index in [9.17, 15) is 13.2 Å². The maximum Gasteiger partial charge on any atom is 0.416 e. The van der Waals surface area contributed by atoms with Crippen molar-refractivity contribution >= 4 is 27.4 Å². The molecule has 0 unspecified atom stereocenters. The number of nitrogens with zero attached hydrogens (tertiary/aromatic N) is 1. The highest BCUT2D eigenvalue weighted by molar-refractivity contribution is 9.10. The van der Waals surface area contributed by atoms with Gasteiger partial charge in [0.15, 0.2) is 0 Å². The molecular weight excluding hydrogens is 335 g/mol. The van der Waals surface area contributed by atoms with Gasteiger partial charge in [0, 0.05) is 17.2 Å². The Labute approximate surface area is 122 Å². The number of pyridine rings is 1. The van der Waals surface area contributed by atoms with Gasteiger partial charge in [-0.25, -0.2) is 4.98 Å². The molecule has 3 nitrogen and oxygen atoms in total. The van der Waals surface area contributed by atoms with E-state index in [1.807, 2.05) is 0 Å². The van der Waals surface area contributed by atoms with Crippen molar-refractivity contribution in [1.82, 2.24) is 4.98 Å². The van der Waals surface area contributed by atoms with Crippen LogP contribution in [0.1, 0.15) is 11.1 Å². The van der Waals surface area contributed by atoms with Crippen molar-refractivity contribution < 1.29 is 13.2 Å². The molecule has 106 valence electrons. The highest BCUT2D eigenvalue weighted by Crippen LogP contribution is 2.29. The van der Waals surface area contributed by atoms with E-state index in [4.69, 9.17) is 5.73 Å². The number of nitrogen functional groups attached to an aromatic ring is 1. The Hall–Kier alpha value is -1.76. The topological polar surface area (TPSA) is 50.9 Å². The third kappa shape index (κ3) is 3.63. The SMILES string of the molecule is Nc1cc(Br)cnc1NCc1ccc(C(F)(F)F)cc1. The third-order valence-electron chi connectivity index (χ3n) is 2.63. The number of benzene rings is 1. The summed E-state index contributed by atoms with van der Waals surface area (Å²) in [6.07, 6.45) is -2.73. The van der Waals surface area contributed by atoms with Gasteiger partial charge in [-0.15, -0.1) is 0 Å². The van der Waals surface area contributed by atoms with Gasteiger partial charge in [-0.2, -0.15) is 13.2 Å². The molecule has 0 atom stereocenters. The van der Waals surface area contributed by atoms with Crippen LogP contribution < -0.4 is 11.1 Å². The van der Waals surface area contributed by atoms with Gasteiger partial charge in [-0.05, 0) is 39.7 Å². The Balaban J connectivity index is 2.04. The number of halogens is 4. The fourth-order valence-corrected chi connectivity index (χ4v) is 1.95. The van der Waals surface area contributed by atoms with E-state index in [0.29, 0.717) is 23.6 Å². The summed E-state index contributed by atoms with van der Waals surface area (Å²) in [4.78, 5) is 4.09. The minimum absolute atomic E-state index is 0.344. The monoisotopic (exact) mass is 345 g/mol. The summed E-state index contributed by atoms with van der Waals surface area (Å²) in [5.74, 6) is 0.494. The minimum atomic E-state index is -4.32. The van der Waals surface area contributed by atoms with Crippen LogP contribution in [0.2, 0.25) is 0 Å². The number of anilines is 2. The fourth-order valence-electron chi connectivity index (χ4n) is 1.60. The summed E-state index contributed by atoms with van der Waals surface area (Å²) >= 11 is 3.24. The number of hydrogen-bond acceptors (Lipinski definition) is 3. The second-order valence-corrected chi connectivity index (χ2v) is 5.06. The number of nitrogens with one attached hydrogen (secondary N) is 1. The van der Waals surface area contributed by atoms with Crippen molar-refractivity contribution in [3.05, 3.63) is 52.1 Å². The average Bonchev–Trinajstić information content (AvgIpc) is 2.37. The molecule has 0 bridgehead atoms. The van der Waals surface area contributed by atoms with Crippen molar-refractivity contribution in [3.8, 4) is 0 Å². The molecule has 0 spiro atoms. The first-order chi connectivity index (χ1) is 9.36. The van der Waals surface area contributed by atoms with E-state index < -0.39 is 11.7 Å². The summed E-state index contributed by atoms with van der Waals surface area (Å²) in [7, 11) is 0. The van der Waals surface area contributed by atoms with Crippen LogP contribution in [0, 0.1) is 0 Å². The smallest absolute Gasteiger partial charge is 0.396 e. The van der Waals surface area contributed by atoms with Crippen LogP contribution in [0.3, 0.4) is 0 Å². The van der Waals surface area contributed by atoms with Crippen LogP contribution >= 0.6 is 15.9 Å². The Bertz CT molecular complexity index is 597. The molecule has 0 aliphatic heterocycles. The lowest BCUT2D eigenvalue weighted by Gasteiger charge is -2.10. The summed E-state index contributed by atoms with van der Waals surface area (Å²) < 4.78 is 38.0. The Morgan fingerprint density at radius 2 is 1.85 bits per heavy atom. The van der Waals surface area contributed by atoms with E-state index in [-0.39, 0.29) is 0 Å². The predicted molar refractivity (Wildman–Crippen MR) is 75.1 cm³/mol. The van der Waals surface area contributed by atoms with E-state index in [2.05, 4.69) is 26.2 Å². The van der Waals surface area contributed by atoms with Crippen LogP contribution in [-0.4, -0.2) is 4.98 Å². The first-order valence-electron chi connectivity index (χ1n) is 5.67. The van der Waals surface area contributed by atoms with Crippen molar-refractivity contribution in [2.24, 2.45) is 0 Å². The normalized spacial score (nSPS) is 11.4. The molecule has 1 aromatic heterocycles. The molecule has 2 aromatic rings. The Morgan fingerprint density at radius 3 is 2.40 bits per heavy atom. The number of rotatable bonds is 3. The van der Waals surface area contributed by atoms with E-state index in [1.54, 1.807) is 12.3 Å². The highest BCUT2D eigenvalue weighted by Gasteiger charge is 2.29. The summed E-state index contributed by atoms with van der Waals surface area (Å²) in [6.45, 7) is 0.344. The largest absolute Gasteiger partial charge is 0.416 e. The van der Waals surface area contributed by atoms with Crippen LogP contribution in [-0.2, 0) is 12.7 Å². The fraction of sp³-hybridized carbons (Fsp3) is 0.154. The molecule has 3 N–H and O–H groups in total. The van der Waals surface area contributed by atoms with Crippen molar-refractivity contribution in [2.45, 2.75) is 12.7 Å². The standard InChI is InChI=1S/C13H11BrF3N3/c14-10-5-11(18)12(20-7-10)19-6-8-1-3-9(4-2-8)13(15,16)17/h1-5,7H,6,18H2,(H,19,20). The molecule has 0 amide bonds. The van der Waals surface area contributed by atoms with E-state index >= 15 is 0 Å². The molecule has 0 aliphatic carbocycles. The number of alkyl halides is 3. The lowest BCUT2D eigenvalue weighted by molar-refractivity contribution is -0.137. The van der Waals surface area contributed by atoms with Gasteiger partial charge in [0.25, 0.3) is 0 Å². The second kappa shape index (κ2) is 5.70. The van der Waals surface area contributed by atoms with Crippen LogP contribution in [0.25, 0.3) is 0 Å². The second-order valence-electron chi connectivity index (χ2n) is 4.14. The highest BCUT2D eigenvalue weighted by atomic mass is 79.9. The summed E-state index contributed by atoms with van der Waals surface area (Å²) in [5.41, 5.74) is 6.27. The van der Waals surface area contributed by atoms with Crippen LogP contribution in [0.4, 0.5) is 24.7 Å². The molecular formula is C13H11BrF3N3. The number of nitrogens with two attached hydrogens (primary N) is 1. The molecule has 0 saturated carbocycles. The molecule has 0 fully saturated rings. The van der Waals surface area contributed by atoms with Gasteiger partial charge in [0.1, 0.15) is 5.82 Å². The summed E-state index contributed by atoms with van der Waals surface area (Å²) in [5, 5.41) is 2.98. The van der Waals surface area contributed by atoms with Gasteiger partial charge in [-0.1, -0.05) is 12.1 Å². The molecule has 1 aromatic carbocycles. The minimum Gasteiger partial charge on any atom is -0.396 e. The quantitative estimate of drug-likeness (QED) is 0.881. The lowest BCUT2D eigenvalue weighted by atomic mass is 10.1. The Kier molecular flexibility index (Phi) is 4.17. The lowest BCUT2D eigenvalue weighted by Crippen LogP contribution is -2.07. The first-order valence-corrected chi connectivity index (χ1v) is 6.46. The zero-order valence-electron chi connectivity index (χ0n) is 10.2. The first kappa shape index (κ1) is 14.6. The molecule has 0 saturated heterocycles. The average molecular weight is 346 g/mol. The van der Waals surface area contributed by atoms with Crippen molar-refractivity contribution in [2.75, 3.05) is 11.1 Å². The van der Waals surface area contributed by atoms with Crippen molar-refractivity contribution in [3.63, 3.8) is 0 Å². The molecule has 20 heavy (non-hydrogen) atoms. The molecule has 0 radical (unpaired) electrons. The van der Waals surface area contributed by atoms with Crippen LogP contribution in [0.15, 0.2) is 41.0 Å². The van der Waals surface area contributed by atoms with E-state index in [1.165, 1.54) is 12.1 Å². The zero-order valence-corrected chi connectivity index (χ0v) is 11.8. The maximum atomic E-state index is 12.4. The van der Waals surface area contributed by atoms with Gasteiger partial charge in [-0.3, -0.25) is 0 Å². The third-order valence-corrected chi connectivity index (χ3v) is 3.06. The summed E-state index contributed by atoms with van der Waals surface area (Å²) in [6, 6.07) is 6.64. The van der Waals surface area contributed by atoms with Crippen molar-refractivity contribution in [1.29, 1.82) is 0 Å². The molecule has 0 aliphatic rings. The van der Waals surface area contributed by atoms with Gasteiger partial charge >= 0.3 is 6.18 Å². The number of hydrogen-bond donors (Lipinski definition) is 2.